The zero-order valence-corrected chi connectivity index (χ0v) is 9.99. The summed E-state index contributed by atoms with van der Waals surface area (Å²) in [5.41, 5.74) is 0.252. The summed E-state index contributed by atoms with van der Waals surface area (Å²) in [6.45, 7) is 4.47. The SMILES string of the molecule is CCC1(CNS(=O)(=O)CC)CCCC1. The topological polar surface area (TPSA) is 46.2 Å². The fourth-order valence-electron chi connectivity index (χ4n) is 2.15. The van der Waals surface area contributed by atoms with E-state index in [0.717, 1.165) is 6.42 Å². The van der Waals surface area contributed by atoms with Gasteiger partial charge in [-0.3, -0.25) is 0 Å². The van der Waals surface area contributed by atoms with Gasteiger partial charge in [0.25, 0.3) is 0 Å². The van der Waals surface area contributed by atoms with Crippen molar-refractivity contribution in [2.45, 2.75) is 46.0 Å². The van der Waals surface area contributed by atoms with Gasteiger partial charge in [-0.05, 0) is 31.6 Å². The van der Waals surface area contributed by atoms with Crippen molar-refractivity contribution in [3.05, 3.63) is 0 Å². The van der Waals surface area contributed by atoms with Crippen molar-refractivity contribution < 1.29 is 8.42 Å². The van der Waals surface area contributed by atoms with Crippen LogP contribution in [0, 0.1) is 5.41 Å². The molecular formula is C10H21NO2S. The monoisotopic (exact) mass is 219 g/mol. The van der Waals surface area contributed by atoms with E-state index in [9.17, 15) is 8.42 Å². The van der Waals surface area contributed by atoms with Crippen molar-refractivity contribution in [2.24, 2.45) is 5.41 Å². The molecule has 1 rings (SSSR count). The third-order valence-corrected chi connectivity index (χ3v) is 4.81. The van der Waals surface area contributed by atoms with Crippen LogP contribution in [-0.2, 0) is 10.0 Å². The summed E-state index contributed by atoms with van der Waals surface area (Å²) in [7, 11) is -3.01. The van der Waals surface area contributed by atoms with Crippen LogP contribution in [0.15, 0.2) is 0 Å². The highest BCUT2D eigenvalue weighted by molar-refractivity contribution is 7.89. The Morgan fingerprint density at radius 3 is 2.21 bits per heavy atom. The van der Waals surface area contributed by atoms with Crippen LogP contribution in [0.5, 0.6) is 0 Å². The van der Waals surface area contributed by atoms with E-state index in [1.54, 1.807) is 6.92 Å². The van der Waals surface area contributed by atoms with E-state index in [2.05, 4.69) is 11.6 Å². The van der Waals surface area contributed by atoms with Crippen LogP contribution in [0.2, 0.25) is 0 Å². The Labute approximate surface area is 87.3 Å². The molecule has 1 saturated carbocycles. The summed E-state index contributed by atoms with van der Waals surface area (Å²) in [6, 6.07) is 0. The van der Waals surface area contributed by atoms with E-state index in [0.29, 0.717) is 6.54 Å². The van der Waals surface area contributed by atoms with Crippen molar-refractivity contribution in [3.63, 3.8) is 0 Å². The van der Waals surface area contributed by atoms with Gasteiger partial charge < -0.3 is 0 Å². The van der Waals surface area contributed by atoms with Crippen LogP contribution in [0.25, 0.3) is 0 Å². The maximum Gasteiger partial charge on any atom is 0.211 e. The molecule has 1 N–H and O–H groups in total. The van der Waals surface area contributed by atoms with Crippen molar-refractivity contribution in [1.29, 1.82) is 0 Å². The number of hydrogen-bond acceptors (Lipinski definition) is 2. The fraction of sp³-hybridized carbons (Fsp3) is 1.00. The van der Waals surface area contributed by atoms with Gasteiger partial charge in [0.2, 0.25) is 10.0 Å². The molecule has 0 saturated heterocycles. The molecule has 0 unspecified atom stereocenters. The lowest BCUT2D eigenvalue weighted by Crippen LogP contribution is -2.36. The van der Waals surface area contributed by atoms with Crippen LogP contribution in [0.1, 0.15) is 46.0 Å². The maximum absolute atomic E-state index is 11.3. The Balaban J connectivity index is 2.50. The van der Waals surface area contributed by atoms with E-state index in [4.69, 9.17) is 0 Å². The predicted octanol–water partition coefficient (Wildman–Crippen LogP) is 1.90. The molecule has 1 aliphatic carbocycles. The van der Waals surface area contributed by atoms with Crippen molar-refractivity contribution in [3.8, 4) is 0 Å². The molecular weight excluding hydrogens is 198 g/mol. The highest BCUT2D eigenvalue weighted by Crippen LogP contribution is 2.40. The second-order valence-corrected chi connectivity index (χ2v) is 6.38. The smallest absolute Gasteiger partial charge is 0.211 e. The normalized spacial score (nSPS) is 21.3. The number of hydrogen-bond donors (Lipinski definition) is 1. The minimum absolute atomic E-state index is 0.187. The second-order valence-electron chi connectivity index (χ2n) is 4.29. The molecule has 0 aliphatic heterocycles. The first-order valence-corrected chi connectivity index (χ1v) is 7.16. The molecule has 1 fully saturated rings. The molecule has 0 atom stereocenters. The van der Waals surface area contributed by atoms with Crippen LogP contribution in [0.3, 0.4) is 0 Å². The Morgan fingerprint density at radius 2 is 1.79 bits per heavy atom. The van der Waals surface area contributed by atoms with E-state index < -0.39 is 10.0 Å². The maximum atomic E-state index is 11.3. The van der Waals surface area contributed by atoms with Gasteiger partial charge in [-0.25, -0.2) is 13.1 Å². The van der Waals surface area contributed by atoms with Gasteiger partial charge in [0.15, 0.2) is 0 Å². The van der Waals surface area contributed by atoms with E-state index in [1.807, 2.05) is 0 Å². The summed E-state index contributed by atoms with van der Waals surface area (Å²) in [4.78, 5) is 0. The molecule has 0 heterocycles. The van der Waals surface area contributed by atoms with Crippen LogP contribution < -0.4 is 4.72 Å². The lowest BCUT2D eigenvalue weighted by molar-refractivity contribution is 0.286. The molecule has 0 aromatic carbocycles. The van der Waals surface area contributed by atoms with Gasteiger partial charge in [0.05, 0.1) is 5.75 Å². The Bertz CT molecular complexity index is 266. The van der Waals surface area contributed by atoms with Gasteiger partial charge in [0.1, 0.15) is 0 Å². The Morgan fingerprint density at radius 1 is 1.21 bits per heavy atom. The first kappa shape index (κ1) is 12.0. The van der Waals surface area contributed by atoms with E-state index >= 15 is 0 Å². The molecule has 0 amide bonds. The first-order chi connectivity index (χ1) is 6.54. The second kappa shape index (κ2) is 4.62. The molecule has 0 aromatic rings. The van der Waals surface area contributed by atoms with Gasteiger partial charge in [0, 0.05) is 6.54 Å². The minimum Gasteiger partial charge on any atom is -0.215 e. The quantitative estimate of drug-likeness (QED) is 0.767. The highest BCUT2D eigenvalue weighted by Gasteiger charge is 2.32. The molecule has 3 nitrogen and oxygen atoms in total. The Hall–Kier alpha value is -0.0900. The molecule has 1 aliphatic rings. The van der Waals surface area contributed by atoms with Crippen LogP contribution in [-0.4, -0.2) is 20.7 Å². The lowest BCUT2D eigenvalue weighted by atomic mass is 9.84. The zero-order valence-electron chi connectivity index (χ0n) is 9.17. The molecule has 4 heteroatoms. The third-order valence-electron chi connectivity index (χ3n) is 3.46. The summed E-state index contributed by atoms with van der Waals surface area (Å²) in [5.74, 6) is 0.187. The molecule has 14 heavy (non-hydrogen) atoms. The van der Waals surface area contributed by atoms with E-state index in [1.165, 1.54) is 25.7 Å². The number of sulfonamides is 1. The number of nitrogens with one attached hydrogen (secondary N) is 1. The largest absolute Gasteiger partial charge is 0.215 e. The molecule has 0 bridgehead atoms. The first-order valence-electron chi connectivity index (χ1n) is 5.51. The average Bonchev–Trinajstić information content (AvgIpc) is 2.65. The summed E-state index contributed by atoms with van der Waals surface area (Å²) in [5, 5.41) is 0. The van der Waals surface area contributed by atoms with Gasteiger partial charge in [-0.2, -0.15) is 0 Å². The van der Waals surface area contributed by atoms with Crippen molar-refractivity contribution in [2.75, 3.05) is 12.3 Å². The van der Waals surface area contributed by atoms with Crippen LogP contribution in [0.4, 0.5) is 0 Å². The van der Waals surface area contributed by atoms with Gasteiger partial charge in [-0.1, -0.05) is 19.8 Å². The summed E-state index contributed by atoms with van der Waals surface area (Å²) >= 11 is 0. The standard InChI is InChI=1S/C10H21NO2S/c1-3-10(7-5-6-8-10)9-11-14(12,13)4-2/h11H,3-9H2,1-2H3. The highest BCUT2D eigenvalue weighted by atomic mass is 32.2. The summed E-state index contributed by atoms with van der Waals surface area (Å²) in [6.07, 6.45) is 5.94. The summed E-state index contributed by atoms with van der Waals surface area (Å²) < 4.78 is 25.3. The number of rotatable bonds is 5. The average molecular weight is 219 g/mol. The zero-order chi connectivity index (χ0) is 10.7. The minimum atomic E-state index is -3.01. The molecule has 84 valence electrons. The van der Waals surface area contributed by atoms with Crippen molar-refractivity contribution >= 4 is 10.0 Å². The Kier molecular flexibility index (Phi) is 3.95. The molecule has 0 spiro atoms. The predicted molar refractivity (Wildman–Crippen MR) is 58.7 cm³/mol. The van der Waals surface area contributed by atoms with Crippen molar-refractivity contribution in [1.82, 2.24) is 4.72 Å². The van der Waals surface area contributed by atoms with Gasteiger partial charge >= 0.3 is 0 Å². The molecule has 0 radical (unpaired) electrons. The fourth-order valence-corrected chi connectivity index (χ4v) is 2.88. The molecule has 0 aromatic heterocycles. The van der Waals surface area contributed by atoms with E-state index in [-0.39, 0.29) is 11.2 Å². The van der Waals surface area contributed by atoms with Crippen LogP contribution >= 0.6 is 0 Å². The van der Waals surface area contributed by atoms with Gasteiger partial charge in [-0.15, -0.1) is 0 Å². The lowest BCUT2D eigenvalue weighted by Gasteiger charge is -2.27. The third kappa shape index (κ3) is 2.95.